The Morgan fingerprint density at radius 3 is 1.47 bits per heavy atom. The smallest absolute Gasteiger partial charge is 0.0985 e. The lowest BCUT2D eigenvalue weighted by atomic mass is 9.58. The number of rotatable bonds is 0. The molecule has 2 rings (SSSR count). The zero-order chi connectivity index (χ0) is 15.0. The van der Waals surface area contributed by atoms with Crippen LogP contribution < -0.4 is 16.4 Å². The molecule has 0 fully saturated rings. The third kappa shape index (κ3) is 1.56. The quantitative estimate of drug-likeness (QED) is 0.636. The lowest BCUT2D eigenvalue weighted by Gasteiger charge is -2.45. The van der Waals surface area contributed by atoms with Gasteiger partial charge in [0.2, 0.25) is 0 Å². The first-order valence-corrected chi connectivity index (χ1v) is 7.35. The molecule has 0 amide bonds. The summed E-state index contributed by atoms with van der Waals surface area (Å²) in [6, 6.07) is 0. The molecule has 0 nitrogen and oxygen atoms in total. The highest BCUT2D eigenvalue weighted by atomic mass is 79.9. The number of hydrogen-bond donors (Lipinski definition) is 0. The van der Waals surface area contributed by atoms with Gasteiger partial charge in [-0.3, -0.25) is 0 Å². The number of fused-ring (bicyclic) bond motifs is 1. The van der Waals surface area contributed by atoms with E-state index >= 15 is 0 Å². The largest absolute Gasteiger partial charge is 0.115 e. The Labute approximate surface area is 129 Å². The summed E-state index contributed by atoms with van der Waals surface area (Å²) in [6.07, 6.45) is 0. The fourth-order valence-electron chi connectivity index (χ4n) is 3.48. The maximum absolute atomic E-state index is 6.34. The van der Waals surface area contributed by atoms with Crippen LogP contribution in [-0.4, -0.2) is 23.5 Å². The van der Waals surface area contributed by atoms with Gasteiger partial charge in [-0.1, -0.05) is 73.9 Å². The average molecular weight is 311 g/mol. The molecule has 1 aromatic carbocycles. The SMILES string of the molecule is [B]c1c([B])c2c(c([B])c1Br)C(C)(C)C(C)(C)C2(C)C. The van der Waals surface area contributed by atoms with E-state index < -0.39 is 0 Å². The van der Waals surface area contributed by atoms with Crippen LogP contribution in [0.1, 0.15) is 52.7 Å². The van der Waals surface area contributed by atoms with Crippen molar-refractivity contribution in [3.05, 3.63) is 15.6 Å². The summed E-state index contributed by atoms with van der Waals surface area (Å²) in [7, 11) is 18.8. The van der Waals surface area contributed by atoms with Crippen molar-refractivity contribution in [3.63, 3.8) is 0 Å². The molecule has 0 N–H and O–H groups in total. The van der Waals surface area contributed by atoms with Gasteiger partial charge in [0.25, 0.3) is 0 Å². The first kappa shape index (κ1) is 15.3. The van der Waals surface area contributed by atoms with Crippen molar-refractivity contribution in [2.45, 2.75) is 52.4 Å². The first-order chi connectivity index (χ1) is 8.39. The Morgan fingerprint density at radius 2 is 1.05 bits per heavy atom. The van der Waals surface area contributed by atoms with Gasteiger partial charge in [-0.05, 0) is 27.4 Å². The minimum Gasteiger partial charge on any atom is -0.0985 e. The van der Waals surface area contributed by atoms with E-state index in [1.54, 1.807) is 0 Å². The van der Waals surface area contributed by atoms with E-state index in [9.17, 15) is 0 Å². The van der Waals surface area contributed by atoms with Gasteiger partial charge in [0.15, 0.2) is 0 Å². The first-order valence-electron chi connectivity index (χ1n) is 6.56. The highest BCUT2D eigenvalue weighted by molar-refractivity contribution is 9.10. The van der Waals surface area contributed by atoms with E-state index in [0.717, 1.165) is 21.1 Å². The predicted octanol–water partition coefficient (Wildman–Crippen LogP) is 1.43. The molecule has 19 heavy (non-hydrogen) atoms. The Kier molecular flexibility index (Phi) is 3.19. The van der Waals surface area contributed by atoms with Crippen molar-refractivity contribution in [3.8, 4) is 0 Å². The highest BCUT2D eigenvalue weighted by Crippen LogP contribution is 2.60. The summed E-state index contributed by atoms with van der Waals surface area (Å²) in [5.74, 6) is 0. The molecule has 1 aliphatic rings. The molecule has 0 aromatic heterocycles. The fraction of sp³-hybridized carbons (Fsp3) is 0.600. The summed E-state index contributed by atoms with van der Waals surface area (Å²) in [4.78, 5) is 0. The fourth-order valence-corrected chi connectivity index (χ4v) is 3.89. The molecule has 4 heteroatoms. The summed E-state index contributed by atoms with van der Waals surface area (Å²) in [5, 5.41) is 0. The molecule has 0 unspecified atom stereocenters. The van der Waals surface area contributed by atoms with E-state index in [1.165, 1.54) is 0 Å². The maximum atomic E-state index is 6.34. The van der Waals surface area contributed by atoms with Crippen LogP contribution in [0.15, 0.2) is 4.47 Å². The van der Waals surface area contributed by atoms with Crippen LogP contribution >= 0.6 is 15.9 Å². The van der Waals surface area contributed by atoms with Crippen molar-refractivity contribution < 1.29 is 0 Å². The van der Waals surface area contributed by atoms with Crippen LogP contribution in [0, 0.1) is 5.41 Å². The topological polar surface area (TPSA) is 0 Å². The van der Waals surface area contributed by atoms with E-state index in [1.807, 2.05) is 0 Å². The second kappa shape index (κ2) is 3.96. The lowest BCUT2D eigenvalue weighted by molar-refractivity contribution is 0.125. The van der Waals surface area contributed by atoms with Crippen molar-refractivity contribution in [1.29, 1.82) is 0 Å². The average Bonchev–Trinajstić information content (AvgIpc) is 2.39. The Bertz CT molecular complexity index is 522. The zero-order valence-corrected chi connectivity index (χ0v) is 14.2. The second-order valence-corrected chi connectivity index (χ2v) is 7.97. The van der Waals surface area contributed by atoms with E-state index in [4.69, 9.17) is 23.5 Å². The van der Waals surface area contributed by atoms with E-state index in [2.05, 4.69) is 57.5 Å². The van der Waals surface area contributed by atoms with Crippen molar-refractivity contribution >= 4 is 55.9 Å². The third-order valence-corrected chi connectivity index (χ3v) is 6.78. The van der Waals surface area contributed by atoms with Gasteiger partial charge in [-0.2, -0.15) is 0 Å². The summed E-state index contributed by atoms with van der Waals surface area (Å²) in [5.41, 5.74) is 4.07. The summed E-state index contributed by atoms with van der Waals surface area (Å²) >= 11 is 3.48. The van der Waals surface area contributed by atoms with Crippen LogP contribution in [0.25, 0.3) is 0 Å². The van der Waals surface area contributed by atoms with Gasteiger partial charge in [0, 0.05) is 4.47 Å². The number of benzene rings is 1. The van der Waals surface area contributed by atoms with Gasteiger partial charge in [-0.25, -0.2) is 0 Å². The van der Waals surface area contributed by atoms with Crippen LogP contribution in [0.5, 0.6) is 0 Å². The molecule has 0 saturated heterocycles. The van der Waals surface area contributed by atoms with Crippen LogP contribution in [-0.2, 0) is 10.8 Å². The van der Waals surface area contributed by atoms with Crippen LogP contribution in [0.4, 0.5) is 0 Å². The number of hydrogen-bond acceptors (Lipinski definition) is 0. The molecule has 0 heterocycles. The molecule has 1 aromatic rings. The minimum atomic E-state index is -0.0845. The van der Waals surface area contributed by atoms with Crippen LogP contribution in [0.3, 0.4) is 0 Å². The molecule has 0 spiro atoms. The Hall–Kier alpha value is -0.105. The van der Waals surface area contributed by atoms with Gasteiger partial charge in [-0.15, -0.1) is 0 Å². The van der Waals surface area contributed by atoms with Crippen molar-refractivity contribution in [1.82, 2.24) is 0 Å². The summed E-state index contributed by atoms with van der Waals surface area (Å²) < 4.78 is 0.727. The second-order valence-electron chi connectivity index (χ2n) is 7.18. The van der Waals surface area contributed by atoms with Gasteiger partial charge in [0.05, 0.1) is 0 Å². The molecular weight excluding hydrogens is 293 g/mol. The van der Waals surface area contributed by atoms with Crippen molar-refractivity contribution in [2.75, 3.05) is 0 Å². The summed E-state index contributed by atoms with van der Waals surface area (Å²) in [6.45, 7) is 13.5. The molecule has 0 saturated carbocycles. The van der Waals surface area contributed by atoms with Gasteiger partial charge in [0.1, 0.15) is 23.5 Å². The minimum absolute atomic E-state index is 0.0256. The Morgan fingerprint density at radius 1 is 0.684 bits per heavy atom. The highest BCUT2D eigenvalue weighted by Gasteiger charge is 2.57. The van der Waals surface area contributed by atoms with Gasteiger partial charge < -0.3 is 0 Å². The molecule has 94 valence electrons. The monoisotopic (exact) mass is 310 g/mol. The van der Waals surface area contributed by atoms with Gasteiger partial charge >= 0.3 is 0 Å². The van der Waals surface area contributed by atoms with E-state index in [0.29, 0.717) is 10.9 Å². The van der Waals surface area contributed by atoms with Crippen LogP contribution in [0.2, 0.25) is 0 Å². The Balaban J connectivity index is 3.02. The maximum Gasteiger partial charge on any atom is 0.115 e. The molecule has 6 radical (unpaired) electrons. The lowest BCUT2D eigenvalue weighted by Crippen LogP contribution is -2.44. The normalized spacial score (nSPS) is 22.3. The molecular formula is C15H18B3Br. The molecule has 0 bridgehead atoms. The molecule has 1 aliphatic carbocycles. The molecule has 0 atom stereocenters. The third-order valence-electron chi connectivity index (χ3n) is 5.93. The molecule has 0 aliphatic heterocycles. The standard InChI is InChI=1S/C15H18B3Br/c1-13(2)7-8(14(3,4)15(13,5)6)10(17)12(19)11(18)9(7)16/h1-6H3. The zero-order valence-electron chi connectivity index (χ0n) is 12.6. The predicted molar refractivity (Wildman–Crippen MR) is 90.1 cm³/mol. The number of halogens is 1. The van der Waals surface area contributed by atoms with E-state index in [-0.39, 0.29) is 16.2 Å². The van der Waals surface area contributed by atoms with Crippen molar-refractivity contribution in [2.24, 2.45) is 5.41 Å².